The Bertz CT molecular complexity index is 573. The van der Waals surface area contributed by atoms with Gasteiger partial charge in [-0.1, -0.05) is 6.42 Å². The van der Waals surface area contributed by atoms with Gasteiger partial charge in [0.05, 0.1) is 12.4 Å². The molecule has 4 rings (SSSR count). The number of carbonyl (C=O) groups excluding carboxylic acids is 1. The summed E-state index contributed by atoms with van der Waals surface area (Å²) in [6.45, 7) is 3.67. The minimum absolute atomic E-state index is 0.348. The van der Waals surface area contributed by atoms with Crippen LogP contribution < -0.4 is 4.90 Å². The third-order valence-electron chi connectivity index (χ3n) is 6.05. The van der Waals surface area contributed by atoms with Gasteiger partial charge in [-0.3, -0.25) is 4.79 Å². The highest BCUT2D eigenvalue weighted by atomic mass is 19.1. The molecule has 1 aliphatic carbocycles. The van der Waals surface area contributed by atoms with Crippen molar-refractivity contribution in [2.75, 3.05) is 31.1 Å². The number of aromatic nitrogens is 2. The van der Waals surface area contributed by atoms with Crippen LogP contribution in [0.4, 0.5) is 10.3 Å². The number of nitrogens with zero attached hydrogens (tertiary/aromatic N) is 4. The molecule has 2 aliphatic heterocycles. The number of fused-ring (bicyclic) bond motifs is 1. The quantitative estimate of drug-likeness (QED) is 0.853. The van der Waals surface area contributed by atoms with Gasteiger partial charge in [-0.05, 0) is 43.4 Å². The molecule has 1 saturated carbocycles. The van der Waals surface area contributed by atoms with Gasteiger partial charge in [0, 0.05) is 32.6 Å². The van der Waals surface area contributed by atoms with E-state index in [2.05, 4.69) is 19.8 Å². The van der Waals surface area contributed by atoms with Gasteiger partial charge in [0.1, 0.15) is 0 Å². The first-order valence-electron chi connectivity index (χ1n) is 9.19. The van der Waals surface area contributed by atoms with Crippen LogP contribution in [0.5, 0.6) is 0 Å². The first-order chi connectivity index (χ1) is 11.7. The lowest BCUT2D eigenvalue weighted by Crippen LogP contribution is -2.37. The van der Waals surface area contributed by atoms with Crippen molar-refractivity contribution in [3.8, 4) is 0 Å². The molecule has 3 heterocycles. The molecule has 6 heteroatoms. The summed E-state index contributed by atoms with van der Waals surface area (Å²) >= 11 is 0. The predicted octanol–water partition coefficient (Wildman–Crippen LogP) is 2.48. The van der Waals surface area contributed by atoms with Gasteiger partial charge >= 0.3 is 0 Å². The molecule has 24 heavy (non-hydrogen) atoms. The normalized spacial score (nSPS) is 27.5. The summed E-state index contributed by atoms with van der Waals surface area (Å²) in [6.07, 6.45) is 9.03. The van der Waals surface area contributed by atoms with Crippen molar-refractivity contribution < 1.29 is 9.18 Å². The second-order valence-corrected chi connectivity index (χ2v) is 7.59. The Morgan fingerprint density at radius 3 is 2.33 bits per heavy atom. The molecule has 2 unspecified atom stereocenters. The fourth-order valence-electron chi connectivity index (χ4n) is 4.62. The van der Waals surface area contributed by atoms with Gasteiger partial charge in [-0.15, -0.1) is 0 Å². The molecule has 3 aliphatic rings. The summed E-state index contributed by atoms with van der Waals surface area (Å²) in [4.78, 5) is 24.9. The highest BCUT2D eigenvalue weighted by Gasteiger charge is 2.38. The number of halogens is 1. The maximum atomic E-state index is 12.9. The van der Waals surface area contributed by atoms with E-state index < -0.39 is 5.82 Å². The average molecular weight is 332 g/mol. The average Bonchev–Trinajstić information content (AvgIpc) is 3.18. The van der Waals surface area contributed by atoms with E-state index in [-0.39, 0.29) is 0 Å². The van der Waals surface area contributed by atoms with E-state index in [0.717, 1.165) is 50.9 Å². The molecule has 1 aromatic heterocycles. The van der Waals surface area contributed by atoms with Crippen LogP contribution >= 0.6 is 0 Å². The van der Waals surface area contributed by atoms with Gasteiger partial charge in [0.2, 0.25) is 11.9 Å². The molecular weight excluding hydrogens is 307 g/mol. The van der Waals surface area contributed by atoms with E-state index >= 15 is 0 Å². The van der Waals surface area contributed by atoms with Crippen LogP contribution in [-0.2, 0) is 4.79 Å². The molecule has 0 radical (unpaired) electrons. The molecule has 0 bridgehead atoms. The number of likely N-dealkylation sites (tertiary alicyclic amines) is 1. The third-order valence-corrected chi connectivity index (χ3v) is 6.05. The van der Waals surface area contributed by atoms with Gasteiger partial charge in [0.15, 0.2) is 5.82 Å². The van der Waals surface area contributed by atoms with Gasteiger partial charge in [0.25, 0.3) is 0 Å². The maximum Gasteiger partial charge on any atom is 0.225 e. The van der Waals surface area contributed by atoms with Gasteiger partial charge in [-0.2, -0.15) is 0 Å². The van der Waals surface area contributed by atoms with E-state index in [1.165, 1.54) is 31.7 Å². The van der Waals surface area contributed by atoms with E-state index in [0.29, 0.717) is 24.2 Å². The molecule has 2 saturated heterocycles. The first-order valence-corrected chi connectivity index (χ1v) is 9.19. The molecule has 0 spiro atoms. The molecule has 1 aromatic rings. The Morgan fingerprint density at radius 2 is 1.71 bits per heavy atom. The molecule has 5 nitrogen and oxygen atoms in total. The van der Waals surface area contributed by atoms with Crippen molar-refractivity contribution in [1.82, 2.24) is 14.9 Å². The summed E-state index contributed by atoms with van der Waals surface area (Å²) in [6, 6.07) is 0. The second kappa shape index (κ2) is 6.65. The second-order valence-electron chi connectivity index (χ2n) is 7.59. The van der Waals surface area contributed by atoms with Crippen LogP contribution in [0.1, 0.15) is 38.5 Å². The standard InChI is InChI=1S/C18H25FN4O/c19-16-9-20-18(21-10-16)22-6-4-13(5-7-22)8-17(24)23-11-14-2-1-3-15(14)12-23/h9-10,13-15H,1-8,11-12H2. The number of amides is 1. The highest BCUT2D eigenvalue weighted by molar-refractivity contribution is 5.76. The van der Waals surface area contributed by atoms with Crippen LogP contribution in [0, 0.1) is 23.6 Å². The van der Waals surface area contributed by atoms with E-state index in [9.17, 15) is 9.18 Å². The SMILES string of the molecule is O=C(CC1CCN(c2ncc(F)cn2)CC1)N1CC2CCCC2C1. The lowest BCUT2D eigenvalue weighted by atomic mass is 9.93. The zero-order chi connectivity index (χ0) is 16.5. The summed E-state index contributed by atoms with van der Waals surface area (Å²) in [5, 5.41) is 0. The summed E-state index contributed by atoms with van der Waals surface area (Å²) < 4.78 is 12.9. The minimum atomic E-state index is -0.408. The van der Waals surface area contributed by atoms with Crippen molar-refractivity contribution in [2.45, 2.75) is 38.5 Å². The van der Waals surface area contributed by atoms with Crippen LogP contribution in [0.3, 0.4) is 0 Å². The Kier molecular flexibility index (Phi) is 4.37. The van der Waals surface area contributed by atoms with E-state index in [1.54, 1.807) is 0 Å². The van der Waals surface area contributed by atoms with Crippen LogP contribution in [0.25, 0.3) is 0 Å². The van der Waals surface area contributed by atoms with Crippen molar-refractivity contribution in [3.63, 3.8) is 0 Å². The number of carbonyl (C=O) groups is 1. The lowest BCUT2D eigenvalue weighted by molar-refractivity contribution is -0.131. The van der Waals surface area contributed by atoms with Crippen LogP contribution in [0.2, 0.25) is 0 Å². The molecule has 130 valence electrons. The third kappa shape index (κ3) is 3.23. The van der Waals surface area contributed by atoms with Crippen LogP contribution in [0.15, 0.2) is 12.4 Å². The Hall–Kier alpha value is -1.72. The molecule has 2 atom stereocenters. The van der Waals surface area contributed by atoms with Crippen molar-refractivity contribution in [2.24, 2.45) is 17.8 Å². The fraction of sp³-hybridized carbons (Fsp3) is 0.722. The van der Waals surface area contributed by atoms with Gasteiger partial charge < -0.3 is 9.80 Å². The highest BCUT2D eigenvalue weighted by Crippen LogP contribution is 2.38. The molecule has 0 aromatic carbocycles. The van der Waals surface area contributed by atoms with Crippen molar-refractivity contribution in [1.29, 1.82) is 0 Å². The molecule has 1 amide bonds. The largest absolute Gasteiger partial charge is 0.342 e. The maximum absolute atomic E-state index is 12.9. The lowest BCUT2D eigenvalue weighted by Gasteiger charge is -2.32. The molecule has 0 N–H and O–H groups in total. The first kappa shape index (κ1) is 15.8. The zero-order valence-electron chi connectivity index (χ0n) is 14.0. The number of hydrogen-bond donors (Lipinski definition) is 0. The monoisotopic (exact) mass is 332 g/mol. The van der Waals surface area contributed by atoms with E-state index in [4.69, 9.17) is 0 Å². The Morgan fingerprint density at radius 1 is 1.08 bits per heavy atom. The van der Waals surface area contributed by atoms with E-state index in [1.807, 2.05) is 0 Å². The summed E-state index contributed by atoms with van der Waals surface area (Å²) in [5.41, 5.74) is 0. The Balaban J connectivity index is 1.26. The number of rotatable bonds is 3. The zero-order valence-corrected chi connectivity index (χ0v) is 14.0. The fourth-order valence-corrected chi connectivity index (χ4v) is 4.62. The van der Waals surface area contributed by atoms with Gasteiger partial charge in [-0.25, -0.2) is 14.4 Å². The number of piperidine rings is 1. The topological polar surface area (TPSA) is 49.3 Å². The van der Waals surface area contributed by atoms with Crippen molar-refractivity contribution in [3.05, 3.63) is 18.2 Å². The molecule has 3 fully saturated rings. The molecular formula is C18H25FN4O. The minimum Gasteiger partial charge on any atom is -0.342 e. The number of hydrogen-bond acceptors (Lipinski definition) is 4. The smallest absolute Gasteiger partial charge is 0.225 e. The Labute approximate surface area is 142 Å². The summed E-state index contributed by atoms with van der Waals surface area (Å²) in [5.74, 6) is 2.52. The summed E-state index contributed by atoms with van der Waals surface area (Å²) in [7, 11) is 0. The number of anilines is 1. The van der Waals surface area contributed by atoms with Crippen LogP contribution in [-0.4, -0.2) is 47.0 Å². The predicted molar refractivity (Wildman–Crippen MR) is 89.0 cm³/mol. The van der Waals surface area contributed by atoms with Crippen molar-refractivity contribution >= 4 is 11.9 Å².